The molecule has 1 aromatic heterocycles. The van der Waals surface area contributed by atoms with Gasteiger partial charge in [-0.3, -0.25) is 11.3 Å². The van der Waals surface area contributed by atoms with E-state index in [-0.39, 0.29) is 0 Å². The average molecular weight is 212 g/mol. The van der Waals surface area contributed by atoms with Crippen LogP contribution in [0.1, 0.15) is 43.2 Å². The van der Waals surface area contributed by atoms with E-state index >= 15 is 0 Å². The highest BCUT2D eigenvalue weighted by Crippen LogP contribution is 2.29. The van der Waals surface area contributed by atoms with Gasteiger partial charge in [0.05, 0.1) is 0 Å². The zero-order valence-electron chi connectivity index (χ0n) is 9.21. The number of aryl methyl sites for hydroxylation is 1. The zero-order valence-corrected chi connectivity index (χ0v) is 10.0. The Labute approximate surface area is 90.5 Å². The first-order valence-corrected chi connectivity index (χ1v) is 6.12. The van der Waals surface area contributed by atoms with Crippen LogP contribution in [0.15, 0.2) is 11.4 Å². The van der Waals surface area contributed by atoms with Crippen LogP contribution in [0, 0.1) is 12.8 Å². The molecule has 3 N–H and O–H groups in total. The molecule has 0 aliphatic rings. The second-order valence-electron chi connectivity index (χ2n) is 3.71. The SMILES string of the molecule is CCC(CC)C(NN)c1csc(C)c1. The van der Waals surface area contributed by atoms with Crippen molar-refractivity contribution >= 4 is 11.3 Å². The minimum atomic E-state index is 0.315. The van der Waals surface area contributed by atoms with Crippen LogP contribution in [0.25, 0.3) is 0 Å². The molecule has 1 aromatic rings. The number of rotatable bonds is 5. The Hall–Kier alpha value is -0.380. The fourth-order valence-electron chi connectivity index (χ4n) is 1.89. The first kappa shape index (κ1) is 11.7. The first-order chi connectivity index (χ1) is 6.72. The predicted molar refractivity (Wildman–Crippen MR) is 63.2 cm³/mol. The van der Waals surface area contributed by atoms with Gasteiger partial charge < -0.3 is 0 Å². The Bertz CT molecular complexity index is 266. The molecular formula is C11H20N2S. The lowest BCUT2D eigenvalue weighted by Gasteiger charge is -2.23. The largest absolute Gasteiger partial charge is 0.271 e. The molecule has 3 heteroatoms. The molecule has 0 saturated carbocycles. The van der Waals surface area contributed by atoms with Gasteiger partial charge in [-0.1, -0.05) is 26.7 Å². The van der Waals surface area contributed by atoms with Gasteiger partial charge in [0.25, 0.3) is 0 Å². The molecule has 1 unspecified atom stereocenters. The molecule has 0 amide bonds. The lowest BCUT2D eigenvalue weighted by molar-refractivity contribution is 0.346. The summed E-state index contributed by atoms with van der Waals surface area (Å²) in [6, 6.07) is 2.54. The van der Waals surface area contributed by atoms with Gasteiger partial charge in [0.15, 0.2) is 0 Å². The predicted octanol–water partition coefficient (Wildman–Crippen LogP) is 3.00. The molecule has 1 rings (SSSR count). The third-order valence-corrected chi connectivity index (χ3v) is 3.69. The van der Waals surface area contributed by atoms with E-state index in [9.17, 15) is 0 Å². The lowest BCUT2D eigenvalue weighted by Crippen LogP contribution is -2.32. The molecule has 1 atom stereocenters. The minimum absolute atomic E-state index is 0.315. The number of hydrogen-bond donors (Lipinski definition) is 2. The number of hydrogen-bond acceptors (Lipinski definition) is 3. The van der Waals surface area contributed by atoms with E-state index in [0.29, 0.717) is 12.0 Å². The van der Waals surface area contributed by atoms with E-state index < -0.39 is 0 Å². The van der Waals surface area contributed by atoms with Gasteiger partial charge in [-0.15, -0.1) is 11.3 Å². The molecule has 0 spiro atoms. The standard InChI is InChI=1S/C11H20N2S/c1-4-9(5-2)11(13-12)10-6-8(3)14-7-10/h6-7,9,11,13H,4-5,12H2,1-3H3. The van der Waals surface area contributed by atoms with Gasteiger partial charge in [0.2, 0.25) is 0 Å². The molecule has 2 nitrogen and oxygen atoms in total. The summed E-state index contributed by atoms with van der Waals surface area (Å²) in [7, 11) is 0. The van der Waals surface area contributed by atoms with Crippen LogP contribution in [-0.4, -0.2) is 0 Å². The number of nitrogens with two attached hydrogens (primary N) is 1. The maximum atomic E-state index is 5.62. The van der Waals surface area contributed by atoms with E-state index in [4.69, 9.17) is 5.84 Å². The minimum Gasteiger partial charge on any atom is -0.271 e. The maximum absolute atomic E-state index is 5.62. The van der Waals surface area contributed by atoms with Crippen molar-refractivity contribution in [2.75, 3.05) is 0 Å². The molecule has 1 heterocycles. The Balaban J connectivity index is 2.80. The van der Waals surface area contributed by atoms with Crippen molar-refractivity contribution < 1.29 is 0 Å². The second-order valence-corrected chi connectivity index (χ2v) is 4.83. The molecule has 0 saturated heterocycles. The Kier molecular flexibility index (Phi) is 4.58. The summed E-state index contributed by atoms with van der Waals surface area (Å²) in [5.41, 5.74) is 4.28. The van der Waals surface area contributed by atoms with Crippen molar-refractivity contribution in [3.8, 4) is 0 Å². The highest BCUT2D eigenvalue weighted by molar-refractivity contribution is 7.10. The van der Waals surface area contributed by atoms with Crippen molar-refractivity contribution in [1.29, 1.82) is 0 Å². The van der Waals surface area contributed by atoms with E-state index in [2.05, 4.69) is 37.6 Å². The molecule has 0 aliphatic carbocycles. The molecule has 0 fully saturated rings. The first-order valence-electron chi connectivity index (χ1n) is 5.24. The van der Waals surface area contributed by atoms with Crippen LogP contribution in [0.3, 0.4) is 0 Å². The lowest BCUT2D eigenvalue weighted by atomic mass is 9.90. The fourth-order valence-corrected chi connectivity index (χ4v) is 2.63. The maximum Gasteiger partial charge on any atom is 0.0496 e. The van der Waals surface area contributed by atoms with Crippen molar-refractivity contribution in [3.63, 3.8) is 0 Å². The number of hydrazine groups is 1. The van der Waals surface area contributed by atoms with Gasteiger partial charge in [0.1, 0.15) is 0 Å². The van der Waals surface area contributed by atoms with Crippen molar-refractivity contribution in [2.24, 2.45) is 11.8 Å². The molecule has 0 aromatic carbocycles. The Morgan fingerprint density at radius 2 is 2.07 bits per heavy atom. The summed E-state index contributed by atoms with van der Waals surface area (Å²) in [5.74, 6) is 6.25. The average Bonchev–Trinajstić information content (AvgIpc) is 2.60. The third-order valence-electron chi connectivity index (χ3n) is 2.81. The van der Waals surface area contributed by atoms with E-state index in [0.717, 1.165) is 0 Å². The summed E-state index contributed by atoms with van der Waals surface area (Å²) >= 11 is 1.79. The number of nitrogens with one attached hydrogen (secondary N) is 1. The molecule has 14 heavy (non-hydrogen) atoms. The van der Waals surface area contributed by atoms with Crippen LogP contribution < -0.4 is 11.3 Å². The van der Waals surface area contributed by atoms with Crippen molar-refractivity contribution in [1.82, 2.24) is 5.43 Å². The van der Waals surface area contributed by atoms with Crippen LogP contribution in [0.2, 0.25) is 0 Å². The fraction of sp³-hybridized carbons (Fsp3) is 0.636. The van der Waals surface area contributed by atoms with E-state index in [1.807, 2.05) is 0 Å². The van der Waals surface area contributed by atoms with Gasteiger partial charge in [-0.2, -0.15) is 0 Å². The zero-order chi connectivity index (χ0) is 10.6. The smallest absolute Gasteiger partial charge is 0.0496 e. The van der Waals surface area contributed by atoms with Gasteiger partial charge >= 0.3 is 0 Å². The van der Waals surface area contributed by atoms with Crippen molar-refractivity contribution in [3.05, 3.63) is 21.9 Å². The highest BCUT2D eigenvalue weighted by Gasteiger charge is 2.19. The quantitative estimate of drug-likeness (QED) is 0.581. The van der Waals surface area contributed by atoms with Crippen LogP contribution in [0.4, 0.5) is 0 Å². The number of thiophene rings is 1. The topological polar surface area (TPSA) is 38.0 Å². The monoisotopic (exact) mass is 212 g/mol. The molecule has 80 valence electrons. The van der Waals surface area contributed by atoms with Crippen LogP contribution in [0.5, 0.6) is 0 Å². The Morgan fingerprint density at radius 3 is 2.43 bits per heavy atom. The summed E-state index contributed by atoms with van der Waals surface area (Å²) in [6.07, 6.45) is 2.33. The van der Waals surface area contributed by atoms with Gasteiger partial charge in [0, 0.05) is 10.9 Å². The summed E-state index contributed by atoms with van der Waals surface area (Å²) < 4.78 is 0. The van der Waals surface area contributed by atoms with Gasteiger partial charge in [-0.05, 0) is 29.9 Å². The van der Waals surface area contributed by atoms with E-state index in [1.54, 1.807) is 11.3 Å². The molecule has 0 bridgehead atoms. The second kappa shape index (κ2) is 5.49. The third kappa shape index (κ3) is 2.56. The molecule has 0 radical (unpaired) electrons. The Morgan fingerprint density at radius 1 is 1.43 bits per heavy atom. The van der Waals surface area contributed by atoms with Crippen LogP contribution in [-0.2, 0) is 0 Å². The molecule has 0 aliphatic heterocycles. The summed E-state index contributed by atoms with van der Waals surface area (Å²) in [6.45, 7) is 6.57. The normalized spacial score (nSPS) is 13.5. The summed E-state index contributed by atoms with van der Waals surface area (Å²) in [5, 5.41) is 2.21. The van der Waals surface area contributed by atoms with Crippen LogP contribution >= 0.6 is 11.3 Å². The molecular weight excluding hydrogens is 192 g/mol. The van der Waals surface area contributed by atoms with Gasteiger partial charge in [-0.25, -0.2) is 0 Å². The van der Waals surface area contributed by atoms with E-state index in [1.165, 1.54) is 23.3 Å². The summed E-state index contributed by atoms with van der Waals surface area (Å²) in [4.78, 5) is 1.35. The highest BCUT2D eigenvalue weighted by atomic mass is 32.1. The van der Waals surface area contributed by atoms with Crippen molar-refractivity contribution in [2.45, 2.75) is 39.7 Å².